The van der Waals surface area contributed by atoms with Crippen molar-refractivity contribution in [2.45, 2.75) is 26.9 Å². The van der Waals surface area contributed by atoms with Crippen LogP contribution in [0.15, 0.2) is 41.5 Å². The summed E-state index contributed by atoms with van der Waals surface area (Å²) in [5.74, 6) is 2.16. The van der Waals surface area contributed by atoms with Gasteiger partial charge in [0.25, 0.3) is 0 Å². The quantitative estimate of drug-likeness (QED) is 0.371. The van der Waals surface area contributed by atoms with Crippen LogP contribution in [0.4, 0.5) is 0 Å². The number of aliphatic imine (C=N–C) groups is 1. The summed E-state index contributed by atoms with van der Waals surface area (Å²) < 4.78 is 16.4. The lowest BCUT2D eigenvalue weighted by Gasteiger charge is -2.15. The van der Waals surface area contributed by atoms with Gasteiger partial charge < -0.3 is 24.8 Å². The average molecular weight is 386 g/mol. The molecule has 0 bridgehead atoms. The van der Waals surface area contributed by atoms with E-state index in [1.807, 2.05) is 25.1 Å². The maximum atomic E-state index is 5.89. The SMILES string of the molecule is CCOCCOc1cc(C)ccc1CNC(=NC)NCc1ccnc(OC)c1. The highest BCUT2D eigenvalue weighted by Crippen LogP contribution is 2.20. The van der Waals surface area contributed by atoms with Crippen LogP contribution in [-0.4, -0.2) is 44.9 Å². The Morgan fingerprint density at radius 2 is 1.93 bits per heavy atom. The van der Waals surface area contributed by atoms with Crippen molar-refractivity contribution >= 4 is 5.96 Å². The molecule has 0 spiro atoms. The van der Waals surface area contributed by atoms with E-state index >= 15 is 0 Å². The molecule has 2 rings (SSSR count). The van der Waals surface area contributed by atoms with Crippen molar-refractivity contribution in [2.75, 3.05) is 34.0 Å². The molecule has 2 N–H and O–H groups in total. The minimum absolute atomic E-state index is 0.529. The molecular formula is C21H30N4O3. The highest BCUT2D eigenvalue weighted by molar-refractivity contribution is 5.79. The third-order valence-corrected chi connectivity index (χ3v) is 4.05. The van der Waals surface area contributed by atoms with Crippen LogP contribution in [0, 0.1) is 6.92 Å². The smallest absolute Gasteiger partial charge is 0.213 e. The number of nitrogens with zero attached hydrogens (tertiary/aromatic N) is 2. The summed E-state index contributed by atoms with van der Waals surface area (Å²) in [6, 6.07) is 10.0. The van der Waals surface area contributed by atoms with Crippen molar-refractivity contribution in [3.63, 3.8) is 0 Å². The molecule has 7 heteroatoms. The number of rotatable bonds is 10. The van der Waals surface area contributed by atoms with Gasteiger partial charge in [0.15, 0.2) is 5.96 Å². The monoisotopic (exact) mass is 386 g/mol. The molecule has 28 heavy (non-hydrogen) atoms. The van der Waals surface area contributed by atoms with Crippen molar-refractivity contribution in [2.24, 2.45) is 4.99 Å². The summed E-state index contributed by atoms with van der Waals surface area (Å²) in [4.78, 5) is 8.40. The third kappa shape index (κ3) is 7.08. The Morgan fingerprint density at radius 1 is 1.11 bits per heavy atom. The van der Waals surface area contributed by atoms with E-state index in [2.05, 4.69) is 39.7 Å². The number of methoxy groups -OCH3 is 1. The Balaban J connectivity index is 1.91. The number of nitrogens with one attached hydrogen (secondary N) is 2. The minimum atomic E-state index is 0.529. The van der Waals surface area contributed by atoms with Crippen LogP contribution >= 0.6 is 0 Å². The predicted octanol–water partition coefficient (Wildman–Crippen LogP) is 2.68. The summed E-state index contributed by atoms with van der Waals surface area (Å²) in [5, 5.41) is 6.62. The third-order valence-electron chi connectivity index (χ3n) is 4.05. The zero-order valence-electron chi connectivity index (χ0n) is 17.1. The summed E-state index contributed by atoms with van der Waals surface area (Å²) in [5.41, 5.74) is 3.28. The number of hydrogen-bond acceptors (Lipinski definition) is 5. The molecule has 1 aromatic carbocycles. The van der Waals surface area contributed by atoms with E-state index in [1.165, 1.54) is 0 Å². The Kier molecular flexibility index (Phi) is 9.07. The first-order chi connectivity index (χ1) is 13.7. The molecule has 7 nitrogen and oxygen atoms in total. The van der Waals surface area contributed by atoms with E-state index in [1.54, 1.807) is 20.4 Å². The van der Waals surface area contributed by atoms with Crippen molar-refractivity contribution in [3.05, 3.63) is 53.2 Å². The van der Waals surface area contributed by atoms with Gasteiger partial charge >= 0.3 is 0 Å². The van der Waals surface area contributed by atoms with Crippen LogP contribution in [-0.2, 0) is 17.8 Å². The number of guanidine groups is 1. The lowest BCUT2D eigenvalue weighted by Crippen LogP contribution is -2.36. The highest BCUT2D eigenvalue weighted by Gasteiger charge is 2.06. The van der Waals surface area contributed by atoms with Gasteiger partial charge in [-0.3, -0.25) is 4.99 Å². The molecule has 1 aromatic heterocycles. The first-order valence-corrected chi connectivity index (χ1v) is 9.39. The lowest BCUT2D eigenvalue weighted by molar-refractivity contribution is 0.110. The second kappa shape index (κ2) is 11.8. The zero-order valence-corrected chi connectivity index (χ0v) is 17.1. The van der Waals surface area contributed by atoms with Gasteiger partial charge in [-0.2, -0.15) is 0 Å². The van der Waals surface area contributed by atoms with Crippen molar-refractivity contribution < 1.29 is 14.2 Å². The van der Waals surface area contributed by atoms with E-state index in [0.29, 0.717) is 44.7 Å². The van der Waals surface area contributed by atoms with Crippen molar-refractivity contribution in [3.8, 4) is 11.6 Å². The molecule has 0 aliphatic rings. The fourth-order valence-electron chi connectivity index (χ4n) is 2.55. The topological polar surface area (TPSA) is 77.0 Å². The Labute approximate surface area is 167 Å². The second-order valence-corrected chi connectivity index (χ2v) is 6.14. The Bertz CT molecular complexity index is 765. The van der Waals surface area contributed by atoms with Gasteiger partial charge in [-0.1, -0.05) is 12.1 Å². The number of aryl methyl sites for hydroxylation is 1. The number of pyridine rings is 1. The van der Waals surface area contributed by atoms with Crippen LogP contribution in [0.5, 0.6) is 11.6 Å². The van der Waals surface area contributed by atoms with Crippen LogP contribution in [0.25, 0.3) is 0 Å². The largest absolute Gasteiger partial charge is 0.491 e. The fraction of sp³-hybridized carbons (Fsp3) is 0.429. The minimum Gasteiger partial charge on any atom is -0.491 e. The molecule has 0 unspecified atom stereocenters. The second-order valence-electron chi connectivity index (χ2n) is 6.14. The molecule has 0 fully saturated rings. The van der Waals surface area contributed by atoms with E-state index in [9.17, 15) is 0 Å². The van der Waals surface area contributed by atoms with Crippen LogP contribution in [0.3, 0.4) is 0 Å². The molecule has 0 aliphatic carbocycles. The average Bonchev–Trinajstić information content (AvgIpc) is 2.72. The maximum absolute atomic E-state index is 5.89. The first kappa shape index (κ1) is 21.5. The molecule has 0 radical (unpaired) electrons. The van der Waals surface area contributed by atoms with Crippen LogP contribution < -0.4 is 20.1 Å². The number of aromatic nitrogens is 1. The number of ether oxygens (including phenoxy) is 3. The van der Waals surface area contributed by atoms with Gasteiger partial charge in [0, 0.05) is 44.6 Å². The van der Waals surface area contributed by atoms with E-state index in [4.69, 9.17) is 14.2 Å². The van der Waals surface area contributed by atoms with Crippen LogP contribution in [0.1, 0.15) is 23.6 Å². The van der Waals surface area contributed by atoms with Gasteiger partial charge in [-0.05, 0) is 37.1 Å². The van der Waals surface area contributed by atoms with Crippen molar-refractivity contribution in [1.82, 2.24) is 15.6 Å². The molecule has 0 saturated heterocycles. The predicted molar refractivity (Wildman–Crippen MR) is 111 cm³/mol. The zero-order chi connectivity index (χ0) is 20.2. The standard InChI is InChI=1S/C21H30N4O3/c1-5-27-10-11-28-19-12-16(2)6-7-18(19)15-25-21(22-3)24-14-17-8-9-23-20(13-17)26-4/h6-9,12-13H,5,10-11,14-15H2,1-4H3,(H2,22,24,25). The van der Waals surface area contributed by atoms with E-state index < -0.39 is 0 Å². The highest BCUT2D eigenvalue weighted by atomic mass is 16.5. The molecule has 1 heterocycles. The van der Waals surface area contributed by atoms with E-state index in [-0.39, 0.29) is 0 Å². The first-order valence-electron chi connectivity index (χ1n) is 9.39. The molecule has 0 amide bonds. The van der Waals surface area contributed by atoms with Gasteiger partial charge in [-0.15, -0.1) is 0 Å². The molecule has 2 aromatic rings. The molecule has 0 saturated carbocycles. The summed E-state index contributed by atoms with van der Waals surface area (Å²) in [6.07, 6.45) is 1.73. The van der Waals surface area contributed by atoms with Crippen LogP contribution in [0.2, 0.25) is 0 Å². The van der Waals surface area contributed by atoms with Crippen molar-refractivity contribution in [1.29, 1.82) is 0 Å². The molecular weight excluding hydrogens is 356 g/mol. The number of benzene rings is 1. The van der Waals surface area contributed by atoms with Gasteiger partial charge in [0.05, 0.1) is 13.7 Å². The molecule has 152 valence electrons. The molecule has 0 aliphatic heterocycles. The maximum Gasteiger partial charge on any atom is 0.213 e. The molecule has 0 atom stereocenters. The summed E-state index contributed by atoms with van der Waals surface area (Å²) >= 11 is 0. The number of hydrogen-bond donors (Lipinski definition) is 2. The van der Waals surface area contributed by atoms with Gasteiger partial charge in [-0.25, -0.2) is 4.98 Å². The normalized spacial score (nSPS) is 11.2. The Morgan fingerprint density at radius 3 is 2.68 bits per heavy atom. The fourth-order valence-corrected chi connectivity index (χ4v) is 2.55. The Hall–Kier alpha value is -2.80. The van der Waals surface area contributed by atoms with E-state index in [0.717, 1.165) is 22.4 Å². The van der Waals surface area contributed by atoms with Gasteiger partial charge in [0.2, 0.25) is 5.88 Å². The summed E-state index contributed by atoms with van der Waals surface area (Å²) in [7, 11) is 3.35. The summed E-state index contributed by atoms with van der Waals surface area (Å²) in [6.45, 7) is 7.04. The lowest BCUT2D eigenvalue weighted by atomic mass is 10.1. The van der Waals surface area contributed by atoms with Gasteiger partial charge in [0.1, 0.15) is 12.4 Å².